The minimum Gasteiger partial charge on any atom is -0.354 e. The van der Waals surface area contributed by atoms with Crippen molar-refractivity contribution in [3.63, 3.8) is 0 Å². The van der Waals surface area contributed by atoms with Gasteiger partial charge in [0.05, 0.1) is 6.42 Å². The molecule has 4 aromatic rings. The van der Waals surface area contributed by atoms with Gasteiger partial charge in [-0.3, -0.25) is 9.36 Å². The van der Waals surface area contributed by atoms with E-state index in [0.29, 0.717) is 6.42 Å². The average molecular weight is 370 g/mol. The number of amides is 1. The van der Waals surface area contributed by atoms with E-state index in [1.54, 1.807) is 6.20 Å². The zero-order chi connectivity index (χ0) is 19.5. The van der Waals surface area contributed by atoms with E-state index in [9.17, 15) is 4.79 Å². The molecule has 1 amide bonds. The lowest BCUT2D eigenvalue weighted by molar-refractivity contribution is -0.120. The minimum atomic E-state index is 0.0301. The van der Waals surface area contributed by atoms with Crippen molar-refractivity contribution in [2.45, 2.75) is 26.3 Å². The molecule has 1 N–H and O–H groups in total. The molecule has 0 saturated carbocycles. The molecule has 0 spiro atoms. The molecule has 2 aromatic carbocycles. The van der Waals surface area contributed by atoms with Crippen molar-refractivity contribution in [1.82, 2.24) is 19.9 Å². The van der Waals surface area contributed by atoms with Crippen LogP contribution in [0.4, 0.5) is 0 Å². The van der Waals surface area contributed by atoms with Crippen LogP contribution in [0, 0.1) is 0 Å². The van der Waals surface area contributed by atoms with Gasteiger partial charge in [0, 0.05) is 23.5 Å². The maximum absolute atomic E-state index is 12.0. The third-order valence-electron chi connectivity index (χ3n) is 4.46. The second kappa shape index (κ2) is 7.64. The first-order valence-electron chi connectivity index (χ1n) is 9.39. The quantitative estimate of drug-likeness (QED) is 0.574. The van der Waals surface area contributed by atoms with Gasteiger partial charge in [0.15, 0.2) is 5.65 Å². The summed E-state index contributed by atoms with van der Waals surface area (Å²) in [5, 5.41) is 2.92. The predicted molar refractivity (Wildman–Crippen MR) is 111 cm³/mol. The monoisotopic (exact) mass is 370 g/mol. The number of benzene rings is 2. The fourth-order valence-corrected chi connectivity index (χ4v) is 3.26. The average Bonchev–Trinajstić information content (AvgIpc) is 3.08. The van der Waals surface area contributed by atoms with Gasteiger partial charge in [-0.2, -0.15) is 0 Å². The molecular formula is C23H22N4O. The molecule has 28 heavy (non-hydrogen) atoms. The highest BCUT2D eigenvalue weighted by Crippen LogP contribution is 2.27. The summed E-state index contributed by atoms with van der Waals surface area (Å²) in [6.45, 7) is 3.92. The van der Waals surface area contributed by atoms with E-state index in [2.05, 4.69) is 14.9 Å². The Morgan fingerprint density at radius 3 is 2.46 bits per heavy atom. The van der Waals surface area contributed by atoms with Crippen molar-refractivity contribution in [2.75, 3.05) is 0 Å². The van der Waals surface area contributed by atoms with Gasteiger partial charge in [0.25, 0.3) is 0 Å². The number of pyridine rings is 1. The van der Waals surface area contributed by atoms with Crippen LogP contribution < -0.4 is 5.32 Å². The molecule has 0 aliphatic heterocycles. The summed E-state index contributed by atoms with van der Waals surface area (Å²) in [6, 6.07) is 22.1. The Kier molecular flexibility index (Phi) is 4.89. The van der Waals surface area contributed by atoms with Crippen LogP contribution in [0.2, 0.25) is 0 Å². The molecule has 5 heteroatoms. The summed E-state index contributed by atoms with van der Waals surface area (Å²) in [4.78, 5) is 21.4. The Balaban J connectivity index is 1.73. The van der Waals surface area contributed by atoms with Crippen LogP contribution in [0.25, 0.3) is 28.2 Å². The smallest absolute Gasteiger partial charge is 0.224 e. The lowest BCUT2D eigenvalue weighted by Gasteiger charge is -2.11. The largest absolute Gasteiger partial charge is 0.354 e. The number of aromatic nitrogens is 3. The Bertz CT molecular complexity index is 1100. The van der Waals surface area contributed by atoms with E-state index in [1.807, 2.05) is 80.6 Å². The maximum atomic E-state index is 12.0. The molecule has 0 aliphatic rings. The lowest BCUT2D eigenvalue weighted by atomic mass is 10.1. The van der Waals surface area contributed by atoms with Crippen LogP contribution in [0.3, 0.4) is 0 Å². The highest BCUT2D eigenvalue weighted by atomic mass is 16.1. The van der Waals surface area contributed by atoms with Crippen LogP contribution in [0.5, 0.6) is 0 Å². The lowest BCUT2D eigenvalue weighted by Crippen LogP contribution is -2.31. The highest BCUT2D eigenvalue weighted by molar-refractivity contribution is 5.80. The van der Waals surface area contributed by atoms with Gasteiger partial charge < -0.3 is 5.32 Å². The Hall–Kier alpha value is -3.47. The Labute approximate surface area is 164 Å². The molecule has 0 aliphatic carbocycles. The molecule has 0 atom stereocenters. The second-order valence-electron chi connectivity index (χ2n) is 7.05. The Morgan fingerprint density at radius 2 is 1.75 bits per heavy atom. The number of carbonyl (C=O) groups excluding carboxylic acids is 1. The summed E-state index contributed by atoms with van der Waals surface area (Å²) < 4.78 is 2.06. The summed E-state index contributed by atoms with van der Waals surface area (Å²) in [5.74, 6) is 0.877. The van der Waals surface area contributed by atoms with Crippen LogP contribution in [-0.4, -0.2) is 26.5 Å². The standard InChI is InChI=1S/C23H22N4O/c1-16(2)25-21(28)15-17-10-12-19(13-11-17)27-22(18-7-4-3-5-8-18)26-20-9-6-14-24-23(20)27/h3-14,16H,15H2,1-2H3,(H,25,28). The SMILES string of the molecule is CC(C)NC(=O)Cc1ccc(-n2c(-c3ccccc3)nc3cccnc32)cc1. The van der Waals surface area contributed by atoms with E-state index in [1.165, 1.54) is 0 Å². The van der Waals surface area contributed by atoms with Gasteiger partial charge in [-0.1, -0.05) is 42.5 Å². The van der Waals surface area contributed by atoms with Gasteiger partial charge in [0.1, 0.15) is 11.3 Å². The van der Waals surface area contributed by atoms with E-state index < -0.39 is 0 Å². The van der Waals surface area contributed by atoms with Crippen molar-refractivity contribution >= 4 is 17.1 Å². The zero-order valence-electron chi connectivity index (χ0n) is 16.0. The van der Waals surface area contributed by atoms with Crippen molar-refractivity contribution in [2.24, 2.45) is 0 Å². The first-order chi connectivity index (χ1) is 13.6. The summed E-state index contributed by atoms with van der Waals surface area (Å²) in [5.41, 5.74) is 4.63. The molecule has 0 bridgehead atoms. The van der Waals surface area contributed by atoms with Gasteiger partial charge in [-0.15, -0.1) is 0 Å². The fraction of sp³-hybridized carbons (Fsp3) is 0.174. The topological polar surface area (TPSA) is 59.8 Å². The zero-order valence-corrected chi connectivity index (χ0v) is 16.0. The van der Waals surface area contributed by atoms with Crippen molar-refractivity contribution in [1.29, 1.82) is 0 Å². The second-order valence-corrected chi connectivity index (χ2v) is 7.05. The first-order valence-corrected chi connectivity index (χ1v) is 9.39. The maximum Gasteiger partial charge on any atom is 0.224 e. The molecule has 4 rings (SSSR count). The van der Waals surface area contributed by atoms with Gasteiger partial charge in [0.2, 0.25) is 5.91 Å². The number of carbonyl (C=O) groups is 1. The van der Waals surface area contributed by atoms with Crippen molar-refractivity contribution in [3.8, 4) is 17.1 Å². The van der Waals surface area contributed by atoms with Gasteiger partial charge in [-0.05, 0) is 43.7 Å². The number of hydrogen-bond acceptors (Lipinski definition) is 3. The number of imidazole rings is 1. The minimum absolute atomic E-state index is 0.0301. The number of nitrogens with zero attached hydrogens (tertiary/aromatic N) is 3. The summed E-state index contributed by atoms with van der Waals surface area (Å²) >= 11 is 0. The molecular weight excluding hydrogens is 348 g/mol. The number of fused-ring (bicyclic) bond motifs is 1. The van der Waals surface area contributed by atoms with Gasteiger partial charge >= 0.3 is 0 Å². The predicted octanol–water partition coefficient (Wildman–Crippen LogP) is 4.15. The molecule has 2 heterocycles. The van der Waals surface area contributed by atoms with E-state index in [4.69, 9.17) is 4.98 Å². The molecule has 140 valence electrons. The third kappa shape index (κ3) is 3.64. The molecule has 0 fully saturated rings. The van der Waals surface area contributed by atoms with Crippen LogP contribution in [-0.2, 0) is 11.2 Å². The van der Waals surface area contributed by atoms with Crippen LogP contribution >= 0.6 is 0 Å². The summed E-state index contributed by atoms with van der Waals surface area (Å²) in [7, 11) is 0. The van der Waals surface area contributed by atoms with E-state index in [0.717, 1.165) is 33.8 Å². The number of hydrogen-bond donors (Lipinski definition) is 1. The van der Waals surface area contributed by atoms with Gasteiger partial charge in [-0.25, -0.2) is 9.97 Å². The molecule has 0 saturated heterocycles. The van der Waals surface area contributed by atoms with E-state index in [-0.39, 0.29) is 11.9 Å². The first kappa shape index (κ1) is 17.9. The van der Waals surface area contributed by atoms with Crippen molar-refractivity contribution in [3.05, 3.63) is 78.5 Å². The molecule has 2 aromatic heterocycles. The van der Waals surface area contributed by atoms with Crippen LogP contribution in [0.15, 0.2) is 72.9 Å². The van der Waals surface area contributed by atoms with E-state index >= 15 is 0 Å². The summed E-state index contributed by atoms with van der Waals surface area (Å²) in [6.07, 6.45) is 2.15. The number of nitrogens with one attached hydrogen (secondary N) is 1. The highest BCUT2D eigenvalue weighted by Gasteiger charge is 2.15. The van der Waals surface area contributed by atoms with Crippen LogP contribution in [0.1, 0.15) is 19.4 Å². The Morgan fingerprint density at radius 1 is 1.00 bits per heavy atom. The fourth-order valence-electron chi connectivity index (χ4n) is 3.26. The molecule has 0 unspecified atom stereocenters. The third-order valence-corrected chi connectivity index (χ3v) is 4.46. The molecule has 0 radical (unpaired) electrons. The number of rotatable bonds is 5. The normalized spacial score (nSPS) is 11.1. The van der Waals surface area contributed by atoms with Crippen molar-refractivity contribution < 1.29 is 4.79 Å². The molecule has 5 nitrogen and oxygen atoms in total.